The van der Waals surface area contributed by atoms with Gasteiger partial charge in [0.25, 0.3) is 0 Å². The van der Waals surface area contributed by atoms with E-state index < -0.39 is 17.5 Å². The maximum absolute atomic E-state index is 13.0. The number of nitrogens with zero attached hydrogens (tertiary/aromatic N) is 2. The van der Waals surface area contributed by atoms with E-state index in [2.05, 4.69) is 10.3 Å². The third-order valence-electron chi connectivity index (χ3n) is 5.71. The molecule has 4 rings (SSSR count). The Labute approximate surface area is 183 Å². The minimum absolute atomic E-state index is 0.118. The van der Waals surface area contributed by atoms with E-state index in [1.807, 2.05) is 12.1 Å². The number of aromatic nitrogens is 2. The fourth-order valence-corrected chi connectivity index (χ4v) is 5.25. The highest BCUT2D eigenvalue weighted by atomic mass is 32.1. The van der Waals surface area contributed by atoms with Gasteiger partial charge in [-0.2, -0.15) is 13.2 Å². The van der Waals surface area contributed by atoms with E-state index in [9.17, 15) is 18.3 Å². The summed E-state index contributed by atoms with van der Waals surface area (Å²) in [7, 11) is 0. The number of rotatable bonds is 5. The second kappa shape index (κ2) is 8.39. The van der Waals surface area contributed by atoms with Crippen LogP contribution in [0.15, 0.2) is 30.3 Å². The molecule has 1 fully saturated rings. The lowest BCUT2D eigenvalue weighted by atomic mass is 9.90. The summed E-state index contributed by atoms with van der Waals surface area (Å²) in [5.41, 5.74) is 0.427. The van der Waals surface area contributed by atoms with Crippen LogP contribution in [0.4, 0.5) is 18.9 Å². The summed E-state index contributed by atoms with van der Waals surface area (Å²) in [6.07, 6.45) is 1.57. The van der Waals surface area contributed by atoms with E-state index in [-0.39, 0.29) is 12.2 Å². The predicted octanol–water partition coefficient (Wildman–Crippen LogP) is 6.60. The summed E-state index contributed by atoms with van der Waals surface area (Å²) in [4.78, 5) is 8.57. The molecule has 2 N–H and O–H groups in total. The van der Waals surface area contributed by atoms with Crippen LogP contribution in [0.2, 0.25) is 0 Å². The minimum Gasteiger partial charge on any atom is -0.386 e. The number of pyridine rings is 1. The van der Waals surface area contributed by atoms with Gasteiger partial charge in [-0.1, -0.05) is 25.3 Å². The first kappa shape index (κ1) is 22.0. The van der Waals surface area contributed by atoms with Crippen LogP contribution in [-0.2, 0) is 18.3 Å². The van der Waals surface area contributed by atoms with Crippen molar-refractivity contribution in [2.24, 2.45) is 0 Å². The van der Waals surface area contributed by atoms with E-state index in [1.165, 1.54) is 25.3 Å². The summed E-state index contributed by atoms with van der Waals surface area (Å²) < 4.78 is 39.9. The molecular weight excluding hydrogens is 423 g/mol. The molecule has 4 nitrogen and oxygen atoms in total. The van der Waals surface area contributed by atoms with Crippen molar-refractivity contribution in [3.63, 3.8) is 0 Å². The second-order valence-corrected chi connectivity index (χ2v) is 9.74. The molecule has 0 aliphatic heterocycles. The van der Waals surface area contributed by atoms with Crippen molar-refractivity contribution >= 4 is 27.2 Å². The molecule has 1 saturated carbocycles. The number of benzene rings is 1. The predicted molar refractivity (Wildman–Crippen MR) is 117 cm³/mol. The van der Waals surface area contributed by atoms with Crippen LogP contribution >= 0.6 is 11.3 Å². The largest absolute Gasteiger partial charge is 0.433 e. The van der Waals surface area contributed by atoms with Gasteiger partial charge in [0, 0.05) is 17.2 Å². The Hall–Kier alpha value is -2.19. The van der Waals surface area contributed by atoms with Crippen LogP contribution in [0.25, 0.3) is 10.2 Å². The monoisotopic (exact) mass is 449 g/mol. The van der Waals surface area contributed by atoms with Crippen molar-refractivity contribution in [1.29, 1.82) is 0 Å². The van der Waals surface area contributed by atoms with Crippen molar-refractivity contribution in [1.82, 2.24) is 9.97 Å². The Kier molecular flexibility index (Phi) is 5.96. The van der Waals surface area contributed by atoms with Crippen LogP contribution in [0.1, 0.15) is 73.8 Å². The van der Waals surface area contributed by atoms with Crippen LogP contribution in [0, 0.1) is 0 Å². The Balaban J connectivity index is 1.64. The van der Waals surface area contributed by atoms with Crippen LogP contribution in [0.3, 0.4) is 0 Å². The van der Waals surface area contributed by atoms with Gasteiger partial charge in [-0.05, 0) is 51.0 Å². The smallest absolute Gasteiger partial charge is 0.386 e. The normalized spacial score (nSPS) is 16.1. The van der Waals surface area contributed by atoms with Crippen LogP contribution in [0.5, 0.6) is 0 Å². The molecule has 166 valence electrons. The zero-order valence-corrected chi connectivity index (χ0v) is 18.4. The van der Waals surface area contributed by atoms with Gasteiger partial charge in [0.15, 0.2) is 0 Å². The van der Waals surface area contributed by atoms with Gasteiger partial charge in [0.1, 0.15) is 5.69 Å². The molecule has 1 aliphatic rings. The molecule has 0 bridgehead atoms. The van der Waals surface area contributed by atoms with E-state index >= 15 is 0 Å². The highest BCUT2D eigenvalue weighted by Gasteiger charge is 2.32. The summed E-state index contributed by atoms with van der Waals surface area (Å²) in [5, 5.41) is 15.0. The quantitative estimate of drug-likeness (QED) is 0.461. The maximum atomic E-state index is 13.0. The summed E-state index contributed by atoms with van der Waals surface area (Å²) in [5.74, 6) is 0.488. The number of halogens is 3. The molecule has 1 aromatic carbocycles. The number of alkyl halides is 3. The van der Waals surface area contributed by atoms with Crippen molar-refractivity contribution in [2.45, 2.75) is 70.2 Å². The first-order valence-corrected chi connectivity index (χ1v) is 11.4. The first-order valence-electron chi connectivity index (χ1n) is 10.6. The Bertz CT molecular complexity index is 1070. The lowest BCUT2D eigenvalue weighted by Gasteiger charge is -2.22. The van der Waals surface area contributed by atoms with Gasteiger partial charge in [-0.15, -0.1) is 11.3 Å². The molecular formula is C23H26F3N3OS. The molecule has 3 aromatic rings. The average molecular weight is 450 g/mol. The van der Waals surface area contributed by atoms with E-state index in [0.717, 1.165) is 34.1 Å². The van der Waals surface area contributed by atoms with Crippen LogP contribution in [-0.4, -0.2) is 15.1 Å². The standard InChI is InChI=1S/C23H26F3N3OS/c1-22(2,30)16-11-18-19(31-21(29-18)14-7-4-3-5-8-14)12-17(16)27-13-15-9-6-10-20(28-15)23(24,25)26/h6,9-12,14,27,30H,3-5,7-8,13H2,1-2H3. The molecule has 0 spiro atoms. The molecule has 0 saturated heterocycles. The molecule has 0 radical (unpaired) electrons. The highest BCUT2D eigenvalue weighted by Crippen LogP contribution is 2.40. The number of hydrogen-bond acceptors (Lipinski definition) is 5. The number of thiazole rings is 1. The van der Waals surface area contributed by atoms with Crippen molar-refractivity contribution in [2.75, 3.05) is 5.32 Å². The fraction of sp³-hybridized carbons (Fsp3) is 0.478. The zero-order valence-electron chi connectivity index (χ0n) is 17.6. The molecule has 0 atom stereocenters. The number of hydrogen-bond donors (Lipinski definition) is 2. The van der Waals surface area contributed by atoms with Gasteiger partial charge in [-0.25, -0.2) is 9.97 Å². The zero-order chi connectivity index (χ0) is 22.2. The topological polar surface area (TPSA) is 58.0 Å². The Morgan fingerprint density at radius 3 is 2.52 bits per heavy atom. The first-order chi connectivity index (χ1) is 14.6. The van der Waals surface area contributed by atoms with Gasteiger partial charge < -0.3 is 10.4 Å². The third kappa shape index (κ3) is 5.01. The third-order valence-corrected chi connectivity index (χ3v) is 6.90. The lowest BCUT2D eigenvalue weighted by molar-refractivity contribution is -0.141. The summed E-state index contributed by atoms with van der Waals surface area (Å²) in [6.45, 7) is 3.50. The average Bonchev–Trinajstić information content (AvgIpc) is 3.14. The van der Waals surface area contributed by atoms with Gasteiger partial charge >= 0.3 is 6.18 Å². The molecule has 0 unspecified atom stereocenters. The SMILES string of the molecule is CC(C)(O)c1cc2nc(C3CCCCC3)sc2cc1NCc1cccc(C(F)(F)F)n1. The molecule has 0 amide bonds. The van der Waals surface area contributed by atoms with Crippen molar-refractivity contribution in [3.05, 3.63) is 52.3 Å². The number of aliphatic hydroxyl groups is 1. The summed E-state index contributed by atoms with van der Waals surface area (Å²) in [6, 6.07) is 7.70. The van der Waals surface area contributed by atoms with E-state index in [4.69, 9.17) is 4.98 Å². The molecule has 2 aromatic heterocycles. The van der Waals surface area contributed by atoms with E-state index in [1.54, 1.807) is 31.3 Å². The molecule has 1 aliphatic carbocycles. The Morgan fingerprint density at radius 1 is 1.10 bits per heavy atom. The molecule has 2 heterocycles. The molecule has 31 heavy (non-hydrogen) atoms. The van der Waals surface area contributed by atoms with Crippen LogP contribution < -0.4 is 5.32 Å². The van der Waals surface area contributed by atoms with Crippen molar-refractivity contribution in [3.8, 4) is 0 Å². The van der Waals surface area contributed by atoms with Gasteiger partial charge in [-0.3, -0.25) is 0 Å². The summed E-state index contributed by atoms with van der Waals surface area (Å²) >= 11 is 1.67. The number of fused-ring (bicyclic) bond motifs is 1. The Morgan fingerprint density at radius 2 is 1.84 bits per heavy atom. The van der Waals surface area contributed by atoms with E-state index in [0.29, 0.717) is 17.2 Å². The van der Waals surface area contributed by atoms with Gasteiger partial charge in [0.2, 0.25) is 0 Å². The number of nitrogens with one attached hydrogen (secondary N) is 1. The minimum atomic E-state index is -4.48. The lowest BCUT2D eigenvalue weighted by Crippen LogP contribution is -2.18. The van der Waals surface area contributed by atoms with Crippen molar-refractivity contribution < 1.29 is 18.3 Å². The number of anilines is 1. The van der Waals surface area contributed by atoms with Gasteiger partial charge in [0.05, 0.1) is 33.1 Å². The fourth-order valence-electron chi connectivity index (χ4n) is 4.09. The second-order valence-electron chi connectivity index (χ2n) is 8.68. The highest BCUT2D eigenvalue weighted by molar-refractivity contribution is 7.18. The molecule has 8 heteroatoms. The maximum Gasteiger partial charge on any atom is 0.433 e.